The van der Waals surface area contributed by atoms with Gasteiger partial charge in [-0.25, -0.2) is 0 Å². The van der Waals surface area contributed by atoms with Crippen molar-refractivity contribution in [2.75, 3.05) is 6.61 Å². The second kappa shape index (κ2) is 12.4. The van der Waals surface area contributed by atoms with Crippen LogP contribution in [0.5, 0.6) is 0 Å². The van der Waals surface area contributed by atoms with E-state index < -0.39 is 0 Å². The van der Waals surface area contributed by atoms with Gasteiger partial charge in [-0.15, -0.1) is 0 Å². The van der Waals surface area contributed by atoms with Crippen LogP contribution in [0.3, 0.4) is 0 Å². The van der Waals surface area contributed by atoms with Gasteiger partial charge in [0.25, 0.3) is 0 Å². The van der Waals surface area contributed by atoms with Crippen LogP contribution in [0.2, 0.25) is 0 Å². The summed E-state index contributed by atoms with van der Waals surface area (Å²) < 4.78 is 0. The molecule has 2 rings (SSSR count). The quantitative estimate of drug-likeness (QED) is 0.386. The van der Waals surface area contributed by atoms with E-state index in [9.17, 15) is 5.11 Å². The smallest absolute Gasteiger partial charge is 0.0433 e. The maximum absolute atomic E-state index is 9.66. The Morgan fingerprint density at radius 1 is 0.680 bits per heavy atom. The lowest BCUT2D eigenvalue weighted by atomic mass is 9.65. The van der Waals surface area contributed by atoms with Gasteiger partial charge in [-0.3, -0.25) is 0 Å². The third kappa shape index (κ3) is 7.24. The van der Waals surface area contributed by atoms with Crippen molar-refractivity contribution in [1.29, 1.82) is 0 Å². The van der Waals surface area contributed by atoms with E-state index in [0.717, 1.165) is 36.0 Å². The summed E-state index contributed by atoms with van der Waals surface area (Å²) in [6.07, 6.45) is 22.8. The van der Waals surface area contributed by atoms with Gasteiger partial charge in [-0.1, -0.05) is 84.5 Å². The zero-order chi connectivity index (χ0) is 17.9. The third-order valence-corrected chi connectivity index (χ3v) is 7.64. The monoisotopic (exact) mass is 350 g/mol. The van der Waals surface area contributed by atoms with Crippen LogP contribution in [0.1, 0.15) is 117 Å². The Labute approximate surface area is 158 Å². The summed E-state index contributed by atoms with van der Waals surface area (Å²) in [4.78, 5) is 0. The molecule has 0 aliphatic heterocycles. The first-order valence-electron chi connectivity index (χ1n) is 11.9. The molecule has 25 heavy (non-hydrogen) atoms. The first-order chi connectivity index (χ1) is 12.3. The summed E-state index contributed by atoms with van der Waals surface area (Å²) >= 11 is 0. The van der Waals surface area contributed by atoms with Crippen LogP contribution in [0.25, 0.3) is 0 Å². The Bertz CT molecular complexity index is 310. The van der Waals surface area contributed by atoms with Crippen molar-refractivity contribution in [3.8, 4) is 0 Å². The van der Waals surface area contributed by atoms with E-state index in [1.54, 1.807) is 0 Å². The predicted molar refractivity (Wildman–Crippen MR) is 110 cm³/mol. The van der Waals surface area contributed by atoms with Gasteiger partial charge in [0.05, 0.1) is 0 Å². The molecule has 0 bridgehead atoms. The maximum atomic E-state index is 9.66. The minimum Gasteiger partial charge on any atom is -0.396 e. The molecule has 2 aliphatic carbocycles. The zero-order valence-electron chi connectivity index (χ0n) is 17.4. The van der Waals surface area contributed by atoms with E-state index >= 15 is 0 Å². The highest BCUT2D eigenvalue weighted by atomic mass is 16.3. The van der Waals surface area contributed by atoms with E-state index in [0.29, 0.717) is 6.61 Å². The molecule has 0 aromatic carbocycles. The molecule has 1 unspecified atom stereocenters. The fraction of sp³-hybridized carbons (Fsp3) is 1.00. The molecular formula is C24H46O. The van der Waals surface area contributed by atoms with E-state index in [1.807, 2.05) is 0 Å². The van der Waals surface area contributed by atoms with Gasteiger partial charge in [-0.05, 0) is 61.7 Å². The molecule has 1 nitrogen and oxygen atoms in total. The third-order valence-electron chi connectivity index (χ3n) is 7.64. The Kier molecular flexibility index (Phi) is 10.5. The van der Waals surface area contributed by atoms with E-state index in [2.05, 4.69) is 13.8 Å². The highest BCUT2D eigenvalue weighted by Crippen LogP contribution is 2.45. The van der Waals surface area contributed by atoms with Crippen LogP contribution >= 0.6 is 0 Å². The fourth-order valence-corrected chi connectivity index (χ4v) is 5.99. The number of unbranched alkanes of at least 4 members (excludes halogenated alkanes) is 3. The summed E-state index contributed by atoms with van der Waals surface area (Å²) in [5, 5.41) is 9.66. The van der Waals surface area contributed by atoms with E-state index in [4.69, 9.17) is 0 Å². The molecule has 1 atom stereocenters. The minimum atomic E-state index is 0.414. The van der Waals surface area contributed by atoms with Gasteiger partial charge in [0.2, 0.25) is 0 Å². The molecule has 1 heteroatoms. The minimum absolute atomic E-state index is 0.414. The van der Waals surface area contributed by atoms with Gasteiger partial charge >= 0.3 is 0 Å². The number of hydrogen-bond acceptors (Lipinski definition) is 1. The van der Waals surface area contributed by atoms with Crippen LogP contribution in [0, 0.1) is 29.6 Å². The van der Waals surface area contributed by atoms with Crippen LogP contribution < -0.4 is 0 Å². The zero-order valence-corrected chi connectivity index (χ0v) is 17.4. The van der Waals surface area contributed by atoms with Gasteiger partial charge in [0.1, 0.15) is 0 Å². The summed E-state index contributed by atoms with van der Waals surface area (Å²) in [5.74, 6) is 4.70. The highest BCUT2D eigenvalue weighted by molar-refractivity contribution is 4.85. The van der Waals surface area contributed by atoms with Crippen molar-refractivity contribution in [1.82, 2.24) is 0 Å². The first-order valence-corrected chi connectivity index (χ1v) is 11.9. The van der Waals surface area contributed by atoms with Crippen molar-refractivity contribution in [2.24, 2.45) is 29.6 Å². The fourth-order valence-electron chi connectivity index (χ4n) is 5.99. The van der Waals surface area contributed by atoms with Gasteiger partial charge in [0.15, 0.2) is 0 Å². The SMILES string of the molecule is CCCCCC1CCC(C(CCO)C2CCC(CCCC)CC2)CC1. The average molecular weight is 351 g/mol. The van der Waals surface area contributed by atoms with Crippen molar-refractivity contribution >= 4 is 0 Å². The Hall–Kier alpha value is -0.0400. The van der Waals surface area contributed by atoms with E-state index in [-0.39, 0.29) is 0 Å². The highest BCUT2D eigenvalue weighted by Gasteiger charge is 2.34. The molecule has 0 spiro atoms. The second-order valence-electron chi connectivity index (χ2n) is 9.38. The molecular weight excluding hydrogens is 304 g/mol. The summed E-state index contributed by atoms with van der Waals surface area (Å²) in [6, 6.07) is 0. The van der Waals surface area contributed by atoms with Crippen LogP contribution in [-0.2, 0) is 0 Å². The normalized spacial score (nSPS) is 31.8. The summed E-state index contributed by atoms with van der Waals surface area (Å²) in [6.45, 7) is 5.05. The first kappa shape index (κ1) is 21.3. The number of hydrogen-bond donors (Lipinski definition) is 1. The number of aliphatic hydroxyl groups excluding tert-OH is 1. The Morgan fingerprint density at radius 3 is 1.60 bits per heavy atom. The van der Waals surface area contributed by atoms with Crippen molar-refractivity contribution in [2.45, 2.75) is 117 Å². The molecule has 0 heterocycles. The Morgan fingerprint density at radius 2 is 1.16 bits per heavy atom. The standard InChI is InChI=1S/C24H46O/c1-3-5-7-9-21-12-16-23(17-13-21)24(18-19-25)22-14-10-20(11-15-22)8-6-4-2/h20-25H,3-19H2,1-2H3. The van der Waals surface area contributed by atoms with Crippen LogP contribution in [-0.4, -0.2) is 11.7 Å². The van der Waals surface area contributed by atoms with Crippen molar-refractivity contribution in [3.05, 3.63) is 0 Å². The van der Waals surface area contributed by atoms with Gasteiger partial charge in [0, 0.05) is 6.61 Å². The van der Waals surface area contributed by atoms with Crippen LogP contribution in [0.4, 0.5) is 0 Å². The molecule has 0 radical (unpaired) electrons. The molecule has 2 fully saturated rings. The summed E-state index contributed by atoms with van der Waals surface area (Å²) in [7, 11) is 0. The molecule has 2 aliphatic rings. The lowest BCUT2D eigenvalue weighted by Gasteiger charge is -2.41. The van der Waals surface area contributed by atoms with Gasteiger partial charge < -0.3 is 5.11 Å². The summed E-state index contributed by atoms with van der Waals surface area (Å²) in [5.41, 5.74) is 0. The average Bonchev–Trinajstić information content (AvgIpc) is 2.66. The van der Waals surface area contributed by atoms with Crippen molar-refractivity contribution < 1.29 is 5.11 Å². The maximum Gasteiger partial charge on any atom is 0.0433 e. The van der Waals surface area contributed by atoms with Crippen LogP contribution in [0.15, 0.2) is 0 Å². The molecule has 1 N–H and O–H groups in total. The van der Waals surface area contributed by atoms with Gasteiger partial charge in [-0.2, -0.15) is 0 Å². The number of aliphatic hydroxyl groups is 1. The molecule has 148 valence electrons. The molecule has 0 amide bonds. The predicted octanol–water partition coefficient (Wildman–Crippen LogP) is 7.37. The number of rotatable bonds is 11. The lowest BCUT2D eigenvalue weighted by Crippen LogP contribution is -2.31. The Balaban J connectivity index is 1.75. The molecule has 0 saturated heterocycles. The lowest BCUT2D eigenvalue weighted by molar-refractivity contribution is 0.0854. The van der Waals surface area contributed by atoms with Crippen molar-refractivity contribution in [3.63, 3.8) is 0 Å². The van der Waals surface area contributed by atoms with E-state index in [1.165, 1.54) is 96.3 Å². The second-order valence-corrected chi connectivity index (χ2v) is 9.38. The molecule has 2 saturated carbocycles. The topological polar surface area (TPSA) is 20.2 Å². The molecule has 0 aromatic rings. The molecule has 0 aromatic heterocycles. The largest absolute Gasteiger partial charge is 0.396 e.